The van der Waals surface area contributed by atoms with Crippen LogP contribution in [0.2, 0.25) is 0 Å². The number of aromatic carboxylic acids is 1. The van der Waals surface area contributed by atoms with Crippen molar-refractivity contribution >= 4 is 11.6 Å². The van der Waals surface area contributed by atoms with Gasteiger partial charge in [0.1, 0.15) is 11.3 Å². The fourth-order valence-corrected chi connectivity index (χ4v) is 3.75. The molecule has 0 aliphatic heterocycles. The van der Waals surface area contributed by atoms with Gasteiger partial charge in [0.05, 0.1) is 18.5 Å². The molecular weight excluding hydrogens is 334 g/mol. The molecule has 3 aromatic rings. The molecule has 3 aromatic heterocycles. The first-order valence-corrected chi connectivity index (χ1v) is 8.47. The predicted molar refractivity (Wildman–Crippen MR) is 96.0 cm³/mol. The third kappa shape index (κ3) is 2.23. The van der Waals surface area contributed by atoms with E-state index in [9.17, 15) is 14.7 Å². The summed E-state index contributed by atoms with van der Waals surface area (Å²) in [5, 5.41) is 9.31. The second-order valence-corrected chi connectivity index (χ2v) is 6.88. The number of pyridine rings is 2. The van der Waals surface area contributed by atoms with Gasteiger partial charge in [-0.1, -0.05) is 13.8 Å². The molecule has 26 heavy (non-hydrogen) atoms. The lowest BCUT2D eigenvalue weighted by Crippen LogP contribution is -2.25. The molecule has 0 saturated carbocycles. The van der Waals surface area contributed by atoms with Crippen molar-refractivity contribution in [3.63, 3.8) is 0 Å². The van der Waals surface area contributed by atoms with Gasteiger partial charge in [0.25, 0.3) is 5.56 Å². The van der Waals surface area contributed by atoms with E-state index in [0.717, 1.165) is 11.3 Å². The molecule has 0 radical (unpaired) electrons. The zero-order chi connectivity index (χ0) is 18.6. The summed E-state index contributed by atoms with van der Waals surface area (Å²) in [5.41, 5.74) is 2.92. The monoisotopic (exact) mass is 353 g/mol. The number of rotatable bonds is 3. The van der Waals surface area contributed by atoms with Crippen LogP contribution in [-0.4, -0.2) is 32.6 Å². The van der Waals surface area contributed by atoms with Crippen molar-refractivity contribution in [2.45, 2.75) is 26.2 Å². The molecule has 0 bridgehead atoms. The minimum absolute atomic E-state index is 0.0820. The van der Waals surface area contributed by atoms with Crippen LogP contribution in [0.4, 0.5) is 0 Å². The molecule has 0 amide bonds. The molecule has 7 heteroatoms. The van der Waals surface area contributed by atoms with Crippen molar-refractivity contribution in [3.8, 4) is 17.1 Å². The molecular formula is C19H19N3O4. The zero-order valence-corrected chi connectivity index (χ0v) is 14.7. The summed E-state index contributed by atoms with van der Waals surface area (Å²) in [6.07, 6.45) is 2.63. The van der Waals surface area contributed by atoms with Gasteiger partial charge in [0, 0.05) is 6.20 Å². The zero-order valence-electron chi connectivity index (χ0n) is 14.7. The first-order chi connectivity index (χ1) is 12.4. The summed E-state index contributed by atoms with van der Waals surface area (Å²) in [4.78, 5) is 31.1. The SMILES string of the molecule is COc1cccn2c3c(nc12)-c1[nH]c(=O)c(C(=O)O)cc1[C@@H](C(C)C)C3. The molecule has 0 fully saturated rings. The van der Waals surface area contributed by atoms with Gasteiger partial charge in [-0.05, 0) is 42.0 Å². The second-order valence-electron chi connectivity index (χ2n) is 6.88. The number of aromatic nitrogens is 3. The van der Waals surface area contributed by atoms with Gasteiger partial charge >= 0.3 is 5.97 Å². The van der Waals surface area contributed by atoms with E-state index < -0.39 is 11.5 Å². The number of aromatic amines is 1. The number of nitrogens with one attached hydrogen (secondary N) is 1. The highest BCUT2D eigenvalue weighted by atomic mass is 16.5. The second kappa shape index (κ2) is 5.72. The van der Waals surface area contributed by atoms with Gasteiger partial charge in [-0.2, -0.15) is 0 Å². The molecule has 134 valence electrons. The molecule has 0 aromatic carbocycles. The van der Waals surface area contributed by atoms with E-state index in [2.05, 4.69) is 18.8 Å². The number of hydrogen-bond acceptors (Lipinski definition) is 4. The molecule has 1 aliphatic rings. The van der Waals surface area contributed by atoms with E-state index in [1.807, 2.05) is 22.7 Å². The molecule has 0 saturated heterocycles. The molecule has 0 unspecified atom stereocenters. The highest BCUT2D eigenvalue weighted by Gasteiger charge is 2.33. The fourth-order valence-electron chi connectivity index (χ4n) is 3.75. The van der Waals surface area contributed by atoms with Gasteiger partial charge in [-0.3, -0.25) is 4.79 Å². The Morgan fingerprint density at radius 1 is 1.46 bits per heavy atom. The molecule has 0 spiro atoms. The van der Waals surface area contributed by atoms with E-state index in [1.54, 1.807) is 7.11 Å². The van der Waals surface area contributed by atoms with E-state index in [4.69, 9.17) is 9.72 Å². The van der Waals surface area contributed by atoms with Crippen LogP contribution in [0, 0.1) is 5.92 Å². The average Bonchev–Trinajstić information content (AvgIpc) is 2.99. The van der Waals surface area contributed by atoms with Gasteiger partial charge in [0.15, 0.2) is 11.4 Å². The molecule has 4 rings (SSSR count). The number of carboxylic acids is 1. The minimum Gasteiger partial charge on any atom is -0.493 e. The van der Waals surface area contributed by atoms with Crippen molar-refractivity contribution in [1.82, 2.24) is 14.4 Å². The Balaban J connectivity index is 2.06. The highest BCUT2D eigenvalue weighted by molar-refractivity contribution is 5.88. The van der Waals surface area contributed by atoms with Crippen LogP contribution >= 0.6 is 0 Å². The van der Waals surface area contributed by atoms with Gasteiger partial charge < -0.3 is 19.2 Å². The lowest BCUT2D eigenvalue weighted by molar-refractivity contribution is 0.0694. The molecule has 7 nitrogen and oxygen atoms in total. The molecule has 1 atom stereocenters. The third-order valence-electron chi connectivity index (χ3n) is 5.09. The average molecular weight is 353 g/mol. The van der Waals surface area contributed by atoms with Gasteiger partial charge in [0.2, 0.25) is 0 Å². The Bertz CT molecular complexity index is 1090. The fraction of sp³-hybridized carbons (Fsp3) is 0.316. The highest BCUT2D eigenvalue weighted by Crippen LogP contribution is 2.42. The van der Waals surface area contributed by atoms with Crippen molar-refractivity contribution < 1.29 is 14.6 Å². The van der Waals surface area contributed by atoms with Crippen LogP contribution in [0.25, 0.3) is 17.0 Å². The minimum atomic E-state index is -1.22. The summed E-state index contributed by atoms with van der Waals surface area (Å²) >= 11 is 0. The maximum Gasteiger partial charge on any atom is 0.341 e. The van der Waals surface area contributed by atoms with E-state index in [0.29, 0.717) is 29.2 Å². The van der Waals surface area contributed by atoms with Gasteiger partial charge in [-0.15, -0.1) is 0 Å². The van der Waals surface area contributed by atoms with Crippen LogP contribution < -0.4 is 10.3 Å². The largest absolute Gasteiger partial charge is 0.493 e. The standard InChI is InChI=1S/C19H19N3O4/c1-9(2)10-8-13-16(20-17-14(26-3)5-4-6-22(13)17)15-11(10)7-12(19(24)25)18(23)21-15/h4-7,9-10H,8H2,1-3H3,(H,21,23)(H,24,25)/t10-/m1/s1. The Hall–Kier alpha value is -3.09. The third-order valence-corrected chi connectivity index (χ3v) is 5.09. The summed E-state index contributed by atoms with van der Waals surface area (Å²) in [5.74, 6) is -0.225. The summed E-state index contributed by atoms with van der Waals surface area (Å²) in [6, 6.07) is 5.24. The Labute approximate surface area is 149 Å². The molecule has 2 N–H and O–H groups in total. The van der Waals surface area contributed by atoms with Crippen LogP contribution in [0.3, 0.4) is 0 Å². The number of carbonyl (C=O) groups is 1. The van der Waals surface area contributed by atoms with Crippen molar-refractivity contribution in [2.75, 3.05) is 7.11 Å². The van der Waals surface area contributed by atoms with E-state index in [1.165, 1.54) is 6.07 Å². The quantitative estimate of drug-likeness (QED) is 0.755. The predicted octanol–water partition coefficient (Wildman–Crippen LogP) is 2.69. The maximum absolute atomic E-state index is 12.3. The first-order valence-electron chi connectivity index (χ1n) is 8.47. The van der Waals surface area contributed by atoms with Crippen LogP contribution in [-0.2, 0) is 6.42 Å². The lowest BCUT2D eigenvalue weighted by Gasteiger charge is -2.28. The van der Waals surface area contributed by atoms with Crippen molar-refractivity contribution in [2.24, 2.45) is 5.92 Å². The normalized spacial score (nSPS) is 15.8. The number of H-pyrrole nitrogens is 1. The van der Waals surface area contributed by atoms with Crippen molar-refractivity contribution in [1.29, 1.82) is 0 Å². The van der Waals surface area contributed by atoms with E-state index in [-0.39, 0.29) is 17.4 Å². The summed E-state index contributed by atoms with van der Waals surface area (Å²) in [7, 11) is 1.59. The Morgan fingerprint density at radius 2 is 2.23 bits per heavy atom. The number of fused-ring (bicyclic) bond motifs is 5. The smallest absolute Gasteiger partial charge is 0.341 e. The van der Waals surface area contributed by atoms with E-state index >= 15 is 0 Å². The van der Waals surface area contributed by atoms with Crippen LogP contribution in [0.1, 0.15) is 41.4 Å². The molecule has 3 heterocycles. The number of hydrogen-bond donors (Lipinski definition) is 2. The Kier molecular flexibility index (Phi) is 3.61. The number of methoxy groups -OCH3 is 1. The summed E-state index contributed by atoms with van der Waals surface area (Å²) in [6.45, 7) is 4.18. The summed E-state index contributed by atoms with van der Waals surface area (Å²) < 4.78 is 7.39. The topological polar surface area (TPSA) is 96.7 Å². The molecule has 1 aliphatic carbocycles. The van der Waals surface area contributed by atoms with Crippen molar-refractivity contribution in [3.05, 3.63) is 51.6 Å². The van der Waals surface area contributed by atoms with Crippen LogP contribution in [0.5, 0.6) is 5.75 Å². The van der Waals surface area contributed by atoms with Crippen LogP contribution in [0.15, 0.2) is 29.2 Å². The number of ether oxygens (including phenoxy) is 1. The number of imidazole rings is 1. The van der Waals surface area contributed by atoms with Gasteiger partial charge in [-0.25, -0.2) is 9.78 Å². The first kappa shape index (κ1) is 16.4. The maximum atomic E-state index is 12.3. The Morgan fingerprint density at radius 3 is 2.88 bits per heavy atom. The number of carboxylic acid groups (broad SMARTS) is 1. The number of nitrogens with zero attached hydrogens (tertiary/aromatic N) is 2. The lowest BCUT2D eigenvalue weighted by atomic mass is 9.79.